The number of carbonyl (C=O) groups excluding carboxylic acids is 2. The van der Waals surface area contributed by atoms with E-state index in [-0.39, 0.29) is 18.5 Å². The maximum Gasteiger partial charge on any atom is 0.325 e. The van der Waals surface area contributed by atoms with Crippen molar-refractivity contribution in [2.75, 3.05) is 31.6 Å². The summed E-state index contributed by atoms with van der Waals surface area (Å²) >= 11 is 6.00. The van der Waals surface area contributed by atoms with Gasteiger partial charge in [0.1, 0.15) is 6.54 Å². The fraction of sp³-hybridized carbons (Fsp3) is 0.263. The number of hydrogen-bond acceptors (Lipinski definition) is 2. The van der Waals surface area contributed by atoms with E-state index >= 15 is 0 Å². The molecule has 0 saturated carbocycles. The summed E-state index contributed by atoms with van der Waals surface area (Å²) in [6, 6.07) is 16.8. The number of anilines is 1. The van der Waals surface area contributed by atoms with Crippen LogP contribution in [0.25, 0.3) is 0 Å². The Hall–Kier alpha value is -2.53. The van der Waals surface area contributed by atoms with E-state index in [1.807, 2.05) is 42.5 Å². The van der Waals surface area contributed by atoms with Gasteiger partial charge in [-0.1, -0.05) is 48.0 Å². The van der Waals surface area contributed by atoms with Gasteiger partial charge in [0.15, 0.2) is 0 Å². The number of carbonyl (C=O) groups is 2. The average Bonchev–Trinajstić information content (AvgIpc) is 2.96. The molecule has 0 atom stereocenters. The summed E-state index contributed by atoms with van der Waals surface area (Å²) in [4.78, 5) is 29.9. The molecule has 130 valence electrons. The lowest BCUT2D eigenvalue weighted by molar-refractivity contribution is -0.130. The molecule has 0 unspecified atom stereocenters. The Morgan fingerprint density at radius 3 is 2.60 bits per heavy atom. The third-order valence-electron chi connectivity index (χ3n) is 4.23. The standard InChI is InChI=1S/C19H20ClN3O2/c1-21(13-15-6-3-2-4-7-15)18(24)14-22-10-11-23(19(22)25)17-9-5-8-16(20)12-17/h2-9,12H,10-11,13-14H2,1H3. The van der Waals surface area contributed by atoms with Gasteiger partial charge >= 0.3 is 6.03 Å². The zero-order valence-electron chi connectivity index (χ0n) is 14.1. The first kappa shape index (κ1) is 17.3. The first-order chi connectivity index (χ1) is 12.0. The van der Waals surface area contributed by atoms with Crippen LogP contribution >= 0.6 is 11.6 Å². The van der Waals surface area contributed by atoms with Crippen LogP contribution in [0.1, 0.15) is 5.56 Å². The van der Waals surface area contributed by atoms with Gasteiger partial charge in [0.25, 0.3) is 0 Å². The molecule has 1 saturated heterocycles. The quantitative estimate of drug-likeness (QED) is 0.824. The van der Waals surface area contributed by atoms with E-state index in [0.29, 0.717) is 24.7 Å². The Bertz CT molecular complexity index is 766. The minimum absolute atomic E-state index is 0.0786. The number of halogens is 1. The summed E-state index contributed by atoms with van der Waals surface area (Å²) in [5.41, 5.74) is 1.82. The molecule has 6 heteroatoms. The fourth-order valence-corrected chi connectivity index (χ4v) is 3.03. The molecule has 1 fully saturated rings. The van der Waals surface area contributed by atoms with Crippen molar-refractivity contribution >= 4 is 29.2 Å². The summed E-state index contributed by atoms with van der Waals surface area (Å²) in [7, 11) is 1.75. The summed E-state index contributed by atoms with van der Waals surface area (Å²) in [5.74, 6) is -0.0786. The second-order valence-corrected chi connectivity index (χ2v) is 6.51. The lowest BCUT2D eigenvalue weighted by atomic mass is 10.2. The fourth-order valence-electron chi connectivity index (χ4n) is 2.84. The predicted octanol–water partition coefficient (Wildman–Crippen LogP) is 3.24. The third kappa shape index (κ3) is 4.12. The molecular weight excluding hydrogens is 338 g/mol. The Morgan fingerprint density at radius 2 is 1.88 bits per heavy atom. The summed E-state index contributed by atoms with van der Waals surface area (Å²) in [5, 5.41) is 0.586. The van der Waals surface area contributed by atoms with Gasteiger partial charge in [0, 0.05) is 37.4 Å². The maximum atomic E-state index is 12.6. The van der Waals surface area contributed by atoms with Crippen molar-refractivity contribution in [1.82, 2.24) is 9.80 Å². The van der Waals surface area contributed by atoms with Crippen LogP contribution in [-0.2, 0) is 11.3 Å². The van der Waals surface area contributed by atoms with E-state index in [9.17, 15) is 9.59 Å². The highest BCUT2D eigenvalue weighted by atomic mass is 35.5. The number of hydrogen-bond donors (Lipinski definition) is 0. The SMILES string of the molecule is CN(Cc1ccccc1)C(=O)CN1CCN(c2cccc(Cl)c2)C1=O. The molecule has 2 aromatic rings. The lowest BCUT2D eigenvalue weighted by Gasteiger charge is -2.22. The van der Waals surface area contributed by atoms with Crippen molar-refractivity contribution in [2.24, 2.45) is 0 Å². The number of amides is 3. The summed E-state index contributed by atoms with van der Waals surface area (Å²) < 4.78 is 0. The highest BCUT2D eigenvalue weighted by Gasteiger charge is 2.31. The van der Waals surface area contributed by atoms with E-state index in [4.69, 9.17) is 11.6 Å². The van der Waals surface area contributed by atoms with Gasteiger partial charge in [-0.25, -0.2) is 4.79 Å². The van der Waals surface area contributed by atoms with Crippen molar-refractivity contribution in [3.63, 3.8) is 0 Å². The van der Waals surface area contributed by atoms with E-state index in [1.165, 1.54) is 0 Å². The monoisotopic (exact) mass is 357 g/mol. The van der Waals surface area contributed by atoms with Gasteiger partial charge in [0.05, 0.1) is 0 Å². The normalized spacial score (nSPS) is 14.1. The highest BCUT2D eigenvalue weighted by molar-refractivity contribution is 6.30. The van der Waals surface area contributed by atoms with Crippen molar-refractivity contribution in [1.29, 1.82) is 0 Å². The lowest BCUT2D eigenvalue weighted by Crippen LogP contribution is -2.40. The van der Waals surface area contributed by atoms with E-state index < -0.39 is 0 Å². The Balaban J connectivity index is 1.60. The molecule has 0 spiro atoms. The minimum atomic E-state index is -0.163. The van der Waals surface area contributed by atoms with Gasteiger partial charge in [-0.05, 0) is 23.8 Å². The molecule has 2 aromatic carbocycles. The Kier molecular flexibility index (Phi) is 5.24. The number of benzene rings is 2. The smallest absolute Gasteiger partial charge is 0.325 e. The van der Waals surface area contributed by atoms with Crippen LogP contribution in [-0.4, -0.2) is 48.4 Å². The summed E-state index contributed by atoms with van der Waals surface area (Å²) in [6.07, 6.45) is 0. The van der Waals surface area contributed by atoms with Crippen LogP contribution in [0.5, 0.6) is 0 Å². The van der Waals surface area contributed by atoms with Crippen LogP contribution in [0.3, 0.4) is 0 Å². The first-order valence-corrected chi connectivity index (χ1v) is 8.52. The van der Waals surface area contributed by atoms with Crippen molar-refractivity contribution in [3.05, 3.63) is 65.2 Å². The minimum Gasteiger partial charge on any atom is -0.340 e. The van der Waals surface area contributed by atoms with Crippen molar-refractivity contribution < 1.29 is 9.59 Å². The van der Waals surface area contributed by atoms with Gasteiger partial charge in [-0.2, -0.15) is 0 Å². The second-order valence-electron chi connectivity index (χ2n) is 6.07. The Labute approximate surface area is 152 Å². The molecule has 3 rings (SSSR count). The average molecular weight is 358 g/mol. The van der Waals surface area contributed by atoms with Crippen molar-refractivity contribution in [3.8, 4) is 0 Å². The van der Waals surface area contributed by atoms with Gasteiger partial charge in [-0.15, -0.1) is 0 Å². The number of urea groups is 1. The van der Waals surface area contributed by atoms with E-state index in [0.717, 1.165) is 11.3 Å². The zero-order valence-corrected chi connectivity index (χ0v) is 14.8. The molecule has 0 N–H and O–H groups in total. The zero-order chi connectivity index (χ0) is 17.8. The molecule has 0 aromatic heterocycles. The Morgan fingerprint density at radius 1 is 1.12 bits per heavy atom. The largest absolute Gasteiger partial charge is 0.340 e. The topological polar surface area (TPSA) is 43.9 Å². The predicted molar refractivity (Wildman–Crippen MR) is 98.7 cm³/mol. The molecule has 0 aliphatic carbocycles. The molecule has 25 heavy (non-hydrogen) atoms. The van der Waals surface area contributed by atoms with E-state index in [2.05, 4.69) is 0 Å². The van der Waals surface area contributed by atoms with Crippen LogP contribution in [0.4, 0.5) is 10.5 Å². The molecule has 1 aliphatic rings. The third-order valence-corrected chi connectivity index (χ3v) is 4.46. The van der Waals surface area contributed by atoms with Gasteiger partial charge in [0.2, 0.25) is 5.91 Å². The van der Waals surface area contributed by atoms with Crippen LogP contribution in [0.15, 0.2) is 54.6 Å². The number of likely N-dealkylation sites (N-methyl/N-ethyl adjacent to an activating group) is 1. The molecule has 1 heterocycles. The van der Waals surface area contributed by atoms with Crippen molar-refractivity contribution in [2.45, 2.75) is 6.54 Å². The van der Waals surface area contributed by atoms with Gasteiger partial charge in [-0.3, -0.25) is 9.69 Å². The first-order valence-electron chi connectivity index (χ1n) is 8.14. The number of nitrogens with zero attached hydrogens (tertiary/aromatic N) is 3. The molecule has 5 nitrogen and oxygen atoms in total. The molecule has 0 bridgehead atoms. The van der Waals surface area contributed by atoms with Crippen LogP contribution < -0.4 is 4.90 Å². The van der Waals surface area contributed by atoms with Gasteiger partial charge < -0.3 is 9.80 Å². The molecule has 0 radical (unpaired) electrons. The van der Waals surface area contributed by atoms with Crippen LogP contribution in [0.2, 0.25) is 5.02 Å². The molecular formula is C19H20ClN3O2. The number of rotatable bonds is 5. The highest BCUT2D eigenvalue weighted by Crippen LogP contribution is 2.23. The maximum absolute atomic E-state index is 12.6. The molecule has 3 amide bonds. The molecule has 1 aliphatic heterocycles. The van der Waals surface area contributed by atoms with E-state index in [1.54, 1.807) is 33.9 Å². The second kappa shape index (κ2) is 7.57. The summed E-state index contributed by atoms with van der Waals surface area (Å²) in [6.45, 7) is 1.68. The van der Waals surface area contributed by atoms with Crippen LogP contribution in [0, 0.1) is 0 Å².